The van der Waals surface area contributed by atoms with E-state index in [1.807, 2.05) is 29.2 Å². The number of amides is 1. The van der Waals surface area contributed by atoms with Crippen molar-refractivity contribution >= 4 is 28.8 Å². The molecule has 0 spiro atoms. The first-order chi connectivity index (χ1) is 11.1. The molecule has 2 aromatic rings. The molecule has 1 aliphatic rings. The monoisotopic (exact) mass is 350 g/mol. The molecule has 2 heterocycles. The Morgan fingerprint density at radius 1 is 1.43 bits per heavy atom. The summed E-state index contributed by atoms with van der Waals surface area (Å²) in [5.74, 6) is 0.0443. The maximum Gasteiger partial charge on any atom is 0.265 e. The summed E-state index contributed by atoms with van der Waals surface area (Å²) in [6.45, 7) is 2.79. The van der Waals surface area contributed by atoms with Gasteiger partial charge in [0.25, 0.3) is 5.91 Å². The van der Waals surface area contributed by atoms with E-state index in [-0.39, 0.29) is 18.1 Å². The van der Waals surface area contributed by atoms with Crippen molar-refractivity contribution in [1.29, 1.82) is 0 Å². The highest BCUT2D eigenvalue weighted by molar-refractivity contribution is 7.17. The number of rotatable bonds is 3. The number of hydrogen-bond acceptors (Lipinski definition) is 4. The smallest absolute Gasteiger partial charge is 0.265 e. The number of thiazole rings is 1. The van der Waals surface area contributed by atoms with Gasteiger partial charge in [0, 0.05) is 25.3 Å². The zero-order valence-electron chi connectivity index (χ0n) is 13.2. The third kappa shape index (κ3) is 3.42. The maximum absolute atomic E-state index is 12.8. The number of piperidine rings is 1. The second-order valence-electron chi connectivity index (χ2n) is 5.74. The van der Waals surface area contributed by atoms with Crippen LogP contribution in [0.5, 0.6) is 0 Å². The lowest BCUT2D eigenvalue weighted by Gasteiger charge is -2.36. The molecule has 6 heteroatoms. The first kappa shape index (κ1) is 16.4. The summed E-state index contributed by atoms with van der Waals surface area (Å²) in [5.41, 5.74) is 0.865. The summed E-state index contributed by atoms with van der Waals surface area (Å²) in [5, 5.41) is 1.42. The van der Waals surface area contributed by atoms with Gasteiger partial charge in [0.1, 0.15) is 9.88 Å². The third-order valence-corrected chi connectivity index (χ3v) is 5.59. The first-order valence-corrected chi connectivity index (χ1v) is 8.84. The molecule has 2 unspecified atom stereocenters. The van der Waals surface area contributed by atoms with E-state index >= 15 is 0 Å². The Bertz CT molecular complexity index is 703. The number of aromatic nitrogens is 1. The van der Waals surface area contributed by atoms with E-state index in [1.165, 1.54) is 11.3 Å². The number of carbonyl (C=O) groups is 1. The normalized spacial score (nSPS) is 21.4. The molecule has 1 saturated heterocycles. The van der Waals surface area contributed by atoms with Crippen LogP contribution in [-0.2, 0) is 4.74 Å². The second-order valence-corrected chi connectivity index (χ2v) is 7.18. The van der Waals surface area contributed by atoms with Crippen molar-refractivity contribution in [3.05, 3.63) is 40.4 Å². The molecule has 1 amide bonds. The van der Waals surface area contributed by atoms with Gasteiger partial charge < -0.3 is 9.64 Å². The van der Waals surface area contributed by atoms with E-state index in [1.54, 1.807) is 13.3 Å². The average molecular weight is 351 g/mol. The Labute approximate surface area is 145 Å². The fraction of sp³-hybridized carbons (Fsp3) is 0.412. The van der Waals surface area contributed by atoms with Crippen LogP contribution in [0.15, 0.2) is 30.5 Å². The quantitative estimate of drug-likeness (QED) is 0.836. The van der Waals surface area contributed by atoms with Crippen LogP contribution >= 0.6 is 22.9 Å². The lowest BCUT2D eigenvalue weighted by molar-refractivity contribution is 0.0162. The molecular formula is C17H19ClN2O2S. The van der Waals surface area contributed by atoms with Crippen molar-refractivity contribution in [3.63, 3.8) is 0 Å². The summed E-state index contributed by atoms with van der Waals surface area (Å²) in [7, 11) is 1.73. The number of likely N-dealkylation sites (tertiary alicyclic amines) is 1. The molecule has 122 valence electrons. The van der Waals surface area contributed by atoms with E-state index in [0.717, 1.165) is 30.0 Å². The lowest BCUT2D eigenvalue weighted by atomic mass is 10.0. The van der Waals surface area contributed by atoms with Crippen LogP contribution in [0.2, 0.25) is 5.02 Å². The molecule has 0 bridgehead atoms. The number of nitrogens with zero attached hydrogens (tertiary/aromatic N) is 2. The molecule has 1 aliphatic heterocycles. The van der Waals surface area contributed by atoms with E-state index in [2.05, 4.69) is 11.9 Å². The van der Waals surface area contributed by atoms with E-state index < -0.39 is 0 Å². The summed E-state index contributed by atoms with van der Waals surface area (Å²) in [6, 6.07) is 7.72. The van der Waals surface area contributed by atoms with Gasteiger partial charge in [0.2, 0.25) is 0 Å². The van der Waals surface area contributed by atoms with Gasteiger partial charge in [-0.3, -0.25) is 4.79 Å². The van der Waals surface area contributed by atoms with Crippen molar-refractivity contribution in [2.24, 2.45) is 0 Å². The summed E-state index contributed by atoms with van der Waals surface area (Å²) >= 11 is 7.60. The highest BCUT2D eigenvalue weighted by Gasteiger charge is 2.30. The van der Waals surface area contributed by atoms with E-state index in [9.17, 15) is 4.79 Å². The molecule has 1 fully saturated rings. The minimum Gasteiger partial charge on any atom is -0.381 e. The third-order valence-electron chi connectivity index (χ3n) is 4.24. The SMILES string of the molecule is COC1CCN(C(=O)c2cnc(-c3ccccc3Cl)s2)C(C)C1. The standard InChI is InChI=1S/C17H19ClN2O2S/c1-11-9-12(22-2)7-8-20(11)17(21)15-10-19-16(23-15)13-5-3-4-6-14(13)18/h3-6,10-12H,7-9H2,1-2H3. The fourth-order valence-electron chi connectivity index (χ4n) is 2.92. The van der Waals surface area contributed by atoms with E-state index in [4.69, 9.17) is 16.3 Å². The predicted octanol–water partition coefficient (Wildman–Crippen LogP) is 4.10. The van der Waals surface area contributed by atoms with Crippen LogP contribution in [0.1, 0.15) is 29.4 Å². The Morgan fingerprint density at radius 2 is 2.22 bits per heavy atom. The molecule has 0 N–H and O–H groups in total. The molecule has 3 rings (SSSR count). The predicted molar refractivity (Wildman–Crippen MR) is 93.1 cm³/mol. The molecule has 1 aromatic carbocycles. The minimum atomic E-state index is 0.0443. The number of halogens is 1. The Kier molecular flexibility index (Phi) is 4.99. The van der Waals surface area contributed by atoms with Crippen molar-refractivity contribution in [2.45, 2.75) is 31.9 Å². The topological polar surface area (TPSA) is 42.4 Å². The van der Waals surface area contributed by atoms with Gasteiger partial charge in [-0.1, -0.05) is 29.8 Å². The van der Waals surface area contributed by atoms with Crippen molar-refractivity contribution < 1.29 is 9.53 Å². The Balaban J connectivity index is 1.78. The van der Waals surface area contributed by atoms with Gasteiger partial charge in [-0.2, -0.15) is 0 Å². The molecule has 1 aromatic heterocycles. The number of hydrogen-bond donors (Lipinski definition) is 0. The summed E-state index contributed by atoms with van der Waals surface area (Å²) in [4.78, 5) is 19.7. The van der Waals surface area contributed by atoms with Crippen LogP contribution in [0.25, 0.3) is 10.6 Å². The molecule has 0 saturated carbocycles. The van der Waals surface area contributed by atoms with Crippen LogP contribution in [0.3, 0.4) is 0 Å². The van der Waals surface area contributed by atoms with Crippen LogP contribution in [-0.4, -0.2) is 41.6 Å². The number of ether oxygens (including phenoxy) is 1. The van der Waals surface area contributed by atoms with Gasteiger partial charge in [-0.15, -0.1) is 11.3 Å². The van der Waals surface area contributed by atoms with Crippen LogP contribution in [0, 0.1) is 0 Å². The van der Waals surface area contributed by atoms with Gasteiger partial charge >= 0.3 is 0 Å². The largest absolute Gasteiger partial charge is 0.381 e. The molecule has 0 radical (unpaired) electrons. The number of carbonyl (C=O) groups excluding carboxylic acids is 1. The van der Waals surface area contributed by atoms with Crippen molar-refractivity contribution in [1.82, 2.24) is 9.88 Å². The Hall–Kier alpha value is -1.43. The summed E-state index contributed by atoms with van der Waals surface area (Å²) < 4.78 is 5.41. The molecular weight excluding hydrogens is 332 g/mol. The van der Waals surface area contributed by atoms with Gasteiger partial charge in [-0.25, -0.2) is 4.98 Å². The van der Waals surface area contributed by atoms with Crippen LogP contribution < -0.4 is 0 Å². The van der Waals surface area contributed by atoms with Crippen LogP contribution in [0.4, 0.5) is 0 Å². The van der Waals surface area contributed by atoms with Crippen molar-refractivity contribution in [2.75, 3.05) is 13.7 Å². The van der Waals surface area contributed by atoms with Gasteiger partial charge in [0.15, 0.2) is 0 Å². The Morgan fingerprint density at radius 3 is 2.91 bits per heavy atom. The highest BCUT2D eigenvalue weighted by atomic mass is 35.5. The number of methoxy groups -OCH3 is 1. The van der Waals surface area contributed by atoms with Gasteiger partial charge in [0.05, 0.1) is 17.3 Å². The fourth-order valence-corrected chi connectivity index (χ4v) is 4.11. The average Bonchev–Trinajstić information content (AvgIpc) is 3.04. The lowest BCUT2D eigenvalue weighted by Crippen LogP contribution is -2.46. The minimum absolute atomic E-state index is 0.0443. The first-order valence-electron chi connectivity index (χ1n) is 7.64. The molecule has 23 heavy (non-hydrogen) atoms. The maximum atomic E-state index is 12.8. The van der Waals surface area contributed by atoms with Crippen molar-refractivity contribution in [3.8, 4) is 10.6 Å². The second kappa shape index (κ2) is 6.99. The molecule has 0 aliphatic carbocycles. The molecule has 4 nitrogen and oxygen atoms in total. The summed E-state index contributed by atoms with van der Waals surface area (Å²) in [6.07, 6.45) is 3.65. The zero-order chi connectivity index (χ0) is 16.4. The molecule has 2 atom stereocenters. The highest BCUT2D eigenvalue weighted by Crippen LogP contribution is 2.32. The van der Waals surface area contributed by atoms with Gasteiger partial charge in [-0.05, 0) is 25.8 Å². The zero-order valence-corrected chi connectivity index (χ0v) is 14.7. The number of benzene rings is 1. The van der Waals surface area contributed by atoms with E-state index in [0.29, 0.717) is 9.90 Å².